The van der Waals surface area contributed by atoms with Crippen LogP contribution in [-0.4, -0.2) is 18.0 Å². The molecule has 0 aliphatic carbocycles. The number of halogens is 1. The van der Waals surface area contributed by atoms with Crippen molar-refractivity contribution in [2.45, 2.75) is 32.6 Å². The molecule has 0 amide bonds. The molecule has 0 N–H and O–H groups in total. The highest BCUT2D eigenvalue weighted by Gasteiger charge is 1.81. The van der Waals surface area contributed by atoms with Crippen LogP contribution >= 0.6 is 11.6 Å². The third kappa shape index (κ3) is 97.3. The summed E-state index contributed by atoms with van der Waals surface area (Å²) >= 11 is 5.44. The number of hydrogen-bond acceptors (Lipinski definition) is 2. The number of hydrogen-bond donors (Lipinski definition) is 0. The second-order valence-electron chi connectivity index (χ2n) is 1.93. The molecule has 0 spiro atoms. The van der Waals surface area contributed by atoms with Crippen molar-refractivity contribution in [3.63, 3.8) is 0 Å². The molecule has 5 heteroatoms. The number of rotatable bonds is 4. The highest BCUT2D eigenvalue weighted by Crippen LogP contribution is 1.98. The third-order valence-corrected chi connectivity index (χ3v) is 1.25. The molecule has 0 unspecified atom stereocenters. The molecule has 0 fully saturated rings. The smallest absolute Gasteiger partial charge is 0.0223 e. The number of alkyl halides is 1. The fourth-order valence-corrected chi connectivity index (χ4v) is 0.710. The van der Waals surface area contributed by atoms with E-state index in [1.807, 2.05) is 0 Å². The van der Waals surface area contributed by atoms with Gasteiger partial charge in [0, 0.05) is 5.88 Å². The third-order valence-electron chi connectivity index (χ3n) is 0.987. The first-order valence-electron chi connectivity index (χ1n) is 3.83. The molecule has 0 bridgehead atoms. The summed E-state index contributed by atoms with van der Waals surface area (Å²) in [6.45, 7) is 2.20. The summed E-state index contributed by atoms with van der Waals surface area (Å²) in [5, 5.41) is 13.5. The molecule has 0 heterocycles. The molecule has 0 saturated heterocycles. The predicted molar refractivity (Wildman–Crippen MR) is 53.0 cm³/mol. The molecular weight excluding hydrogens is 192 g/mol. The fourth-order valence-electron chi connectivity index (χ4n) is 0.521. The Morgan fingerprint density at radius 3 is 1.69 bits per heavy atom. The zero-order valence-electron chi connectivity index (χ0n) is 7.62. The van der Waals surface area contributed by atoms with Crippen LogP contribution < -0.4 is 0 Å². The second kappa shape index (κ2) is 30.5. The average molecular weight is 205 g/mol. The van der Waals surface area contributed by atoms with Gasteiger partial charge in [0.1, 0.15) is 0 Å². The number of isocyanates is 2. The van der Waals surface area contributed by atoms with Gasteiger partial charge in [-0.3, -0.25) is 9.59 Å². The van der Waals surface area contributed by atoms with Crippen LogP contribution in [0.3, 0.4) is 0 Å². The van der Waals surface area contributed by atoms with Crippen LogP contribution in [0.4, 0.5) is 0 Å². The highest BCUT2D eigenvalue weighted by molar-refractivity contribution is 6.17. The van der Waals surface area contributed by atoms with Gasteiger partial charge in [0.2, 0.25) is 0 Å². The Hall–Kier alpha value is -0.950. The molecule has 0 aromatic carbocycles. The normalized spacial score (nSPS) is 6.31. The van der Waals surface area contributed by atoms with Gasteiger partial charge in [-0.2, -0.15) is 0 Å². The summed E-state index contributed by atoms with van der Waals surface area (Å²) in [7, 11) is 0. The van der Waals surface area contributed by atoms with E-state index in [1.54, 1.807) is 0 Å². The molecule has 0 aromatic rings. The lowest BCUT2D eigenvalue weighted by molar-refractivity contribution is 0.568. The van der Waals surface area contributed by atoms with Crippen molar-refractivity contribution in [1.82, 2.24) is 0 Å². The van der Waals surface area contributed by atoms with E-state index in [0.717, 1.165) is 5.88 Å². The summed E-state index contributed by atoms with van der Waals surface area (Å²) in [5.74, 6) is 0.833. The number of unbranched alkanes of at least 4 members (excludes halogenated alkanes) is 3. The first kappa shape index (κ1) is 18.0. The van der Waals surface area contributed by atoms with E-state index in [0.29, 0.717) is 12.2 Å². The van der Waals surface area contributed by atoms with Crippen LogP contribution in [0.2, 0.25) is 0 Å². The molecule has 4 nitrogen and oxygen atoms in total. The molecule has 13 heavy (non-hydrogen) atoms. The minimum atomic E-state index is 0.500. The topological polar surface area (TPSA) is 78.7 Å². The molecule has 0 atom stereocenters. The summed E-state index contributed by atoms with van der Waals surface area (Å²) in [6, 6.07) is 0. The molecule has 0 aliphatic heterocycles. The van der Waals surface area contributed by atoms with E-state index in [1.165, 1.54) is 25.7 Å². The van der Waals surface area contributed by atoms with Gasteiger partial charge in [-0.1, -0.05) is 26.2 Å². The second-order valence-corrected chi connectivity index (χ2v) is 2.31. The highest BCUT2D eigenvalue weighted by atomic mass is 35.5. The minimum absolute atomic E-state index is 0.500. The Balaban J connectivity index is -0.000000140. The van der Waals surface area contributed by atoms with E-state index < -0.39 is 0 Å². The van der Waals surface area contributed by atoms with E-state index in [-0.39, 0.29) is 0 Å². The molecule has 0 saturated carbocycles. The van der Waals surface area contributed by atoms with Gasteiger partial charge in [-0.15, -0.1) is 11.6 Å². The Morgan fingerprint density at radius 2 is 1.46 bits per heavy atom. The van der Waals surface area contributed by atoms with E-state index in [4.69, 9.17) is 32.0 Å². The van der Waals surface area contributed by atoms with Gasteiger partial charge in [0.15, 0.2) is 0 Å². The van der Waals surface area contributed by atoms with E-state index in [2.05, 4.69) is 6.92 Å². The standard InChI is InChI=1S/C6H13Cl.2CNO/c1-2-3-4-5-6-7;2*2-1-3/h2-6H2,1H3;;/q;2*-1. The Bertz CT molecular complexity index is 123. The van der Waals surface area contributed by atoms with Crippen LogP contribution in [0, 0.1) is 0 Å². The van der Waals surface area contributed by atoms with Crippen molar-refractivity contribution >= 4 is 23.8 Å². The monoisotopic (exact) mass is 204 g/mol. The van der Waals surface area contributed by atoms with Crippen molar-refractivity contribution in [3.8, 4) is 0 Å². The summed E-state index contributed by atoms with van der Waals surface area (Å²) in [4.78, 5) is 16.5. The maximum atomic E-state index is 8.24. The largest absolute Gasteiger partial charge is 0.724 e. The van der Waals surface area contributed by atoms with Gasteiger partial charge in [0.25, 0.3) is 0 Å². The summed E-state index contributed by atoms with van der Waals surface area (Å²) in [6.07, 6.45) is 6.14. The van der Waals surface area contributed by atoms with Crippen LogP contribution in [0.25, 0.3) is 10.8 Å². The molecule has 0 aromatic heterocycles. The first-order valence-corrected chi connectivity index (χ1v) is 4.36. The average Bonchev–Trinajstić information content (AvgIpc) is 2.08. The van der Waals surface area contributed by atoms with Crippen molar-refractivity contribution in [3.05, 3.63) is 10.8 Å². The van der Waals surface area contributed by atoms with Gasteiger partial charge in [-0.25, -0.2) is 0 Å². The van der Waals surface area contributed by atoms with E-state index in [9.17, 15) is 0 Å². The lowest BCUT2D eigenvalue weighted by Crippen LogP contribution is -1.74. The molecular formula is C8H13ClN2O2-2. The molecule has 0 rings (SSSR count). The minimum Gasteiger partial charge on any atom is -0.724 e. The Labute approximate surface area is 83.3 Å². The molecule has 76 valence electrons. The van der Waals surface area contributed by atoms with Crippen LogP contribution in [0.5, 0.6) is 0 Å². The Kier molecular flexibility index (Phi) is 42.1. The van der Waals surface area contributed by atoms with Crippen molar-refractivity contribution in [2.24, 2.45) is 0 Å². The van der Waals surface area contributed by atoms with Crippen LogP contribution in [-0.2, 0) is 9.59 Å². The quantitative estimate of drug-likeness (QED) is 0.305. The maximum Gasteiger partial charge on any atom is 0.0223 e. The van der Waals surface area contributed by atoms with Crippen LogP contribution in [0.15, 0.2) is 0 Å². The predicted octanol–water partition coefficient (Wildman–Crippen LogP) is 2.59. The van der Waals surface area contributed by atoms with Crippen molar-refractivity contribution < 1.29 is 9.59 Å². The number of nitrogens with zero attached hydrogens (tertiary/aromatic N) is 2. The fraction of sp³-hybridized carbons (Fsp3) is 0.750. The lowest BCUT2D eigenvalue weighted by Gasteiger charge is -1.89. The summed E-state index contributed by atoms with van der Waals surface area (Å²) in [5.41, 5.74) is 0. The van der Waals surface area contributed by atoms with Crippen molar-refractivity contribution in [2.75, 3.05) is 5.88 Å². The molecule has 0 radical (unpaired) electrons. The van der Waals surface area contributed by atoms with Crippen LogP contribution in [0.1, 0.15) is 32.6 Å². The van der Waals surface area contributed by atoms with E-state index >= 15 is 0 Å². The van der Waals surface area contributed by atoms with Gasteiger partial charge >= 0.3 is 0 Å². The first-order chi connectivity index (χ1) is 6.24. The van der Waals surface area contributed by atoms with Gasteiger partial charge in [0.05, 0.1) is 0 Å². The Morgan fingerprint density at radius 1 is 1.08 bits per heavy atom. The van der Waals surface area contributed by atoms with Crippen molar-refractivity contribution in [1.29, 1.82) is 0 Å². The number of carbonyl (C=O) groups excluding carboxylic acids is 2. The lowest BCUT2D eigenvalue weighted by atomic mass is 10.2. The SMILES string of the molecule is CCCCCCCl.[N-]=C=O.[N-]=C=O. The molecule has 0 aliphatic rings. The summed E-state index contributed by atoms with van der Waals surface area (Å²) < 4.78 is 0. The van der Waals surface area contributed by atoms with Gasteiger partial charge in [-0.05, 0) is 18.6 Å². The zero-order valence-corrected chi connectivity index (χ0v) is 8.38. The maximum absolute atomic E-state index is 8.24. The van der Waals surface area contributed by atoms with Gasteiger partial charge < -0.3 is 10.8 Å². The zero-order chi connectivity index (χ0) is 10.9.